The van der Waals surface area contributed by atoms with Crippen LogP contribution in [0.25, 0.3) is 10.4 Å². The maximum absolute atomic E-state index is 14.6. The predicted molar refractivity (Wildman–Crippen MR) is 412 cm³/mol. The number of benzene rings is 5. The van der Waals surface area contributed by atoms with Crippen LogP contribution in [0.2, 0.25) is 0 Å². The van der Waals surface area contributed by atoms with Gasteiger partial charge in [-0.1, -0.05) is 23.3 Å². The van der Waals surface area contributed by atoms with Crippen molar-refractivity contribution < 1.29 is 113 Å². The smallest absolute Gasteiger partial charge is 0.255 e. The molecule has 8 bridgehead atoms. The van der Waals surface area contributed by atoms with Crippen LogP contribution in [-0.2, 0) is 28.4 Å². The van der Waals surface area contributed by atoms with Gasteiger partial charge in [-0.05, 0) is 79.4 Å². The summed E-state index contributed by atoms with van der Waals surface area (Å²) in [7, 11) is 3.10. The largest absolute Gasteiger partial charge is 0.504 e. The molecule has 0 fully saturated rings. The van der Waals surface area contributed by atoms with Crippen LogP contribution < -0.4 is 47.9 Å². The highest BCUT2D eigenvalue weighted by atomic mass is 16.5. The quantitative estimate of drug-likeness (QED) is 0.0107. The minimum atomic E-state index is -1.56. The molecule has 2 unspecified atom stereocenters. The topological polar surface area (TPSA) is 544 Å². The number of amides is 8. The first-order valence-electron chi connectivity index (χ1n) is 37.3. The lowest BCUT2D eigenvalue weighted by Crippen LogP contribution is -2.49. The Morgan fingerprint density at radius 3 is 1.16 bits per heavy atom. The Balaban J connectivity index is 1.16. The van der Waals surface area contributed by atoms with E-state index in [1.807, 2.05) is 9.80 Å². The van der Waals surface area contributed by atoms with E-state index in [9.17, 15) is 84.3 Å². The zero-order valence-electron chi connectivity index (χ0n) is 63.8. The van der Waals surface area contributed by atoms with Crippen molar-refractivity contribution in [2.24, 2.45) is 5.11 Å². The second kappa shape index (κ2) is 48.2. The van der Waals surface area contributed by atoms with Crippen LogP contribution in [0, 0.1) is 0 Å². The molecule has 0 aromatic heterocycles. The standard InChI is InChI=1S/C75H104N16O23/c1-109-39-41-113-45-43-111-37-35-89-28-21-80-70(103)53-12-10-51(59(92)61(53)94)68(101)78-19-26-88(27-20-79-69(102)52-11-13-54(62(95)60(52)93)71(104)81-22-29-89)33-34-91-32-25-84-74(107)56-15-14-55(63(96)64(56)97)72(105)82-23-30-90(36-38-112-44-46-114-42-40-110-2)31-24-83-73(106)57-16-17-58(66(99)65(57)98)75(108)85-50(47-91)5-3-4-18-77-67(100)48-6-8-49(9-7-48)86-87-76/h6-17,50,70,80,92-99,103H,3-5,18-47H2,1-2H3,(H,77,100)(H,78,101)(H,79,102)(H,81,104)(H,82,105)(H,83,106)(H,84,107)(H,85,108). The normalized spacial score (nSPS) is 17.3. The number of methoxy groups -OCH3 is 2. The van der Waals surface area contributed by atoms with Gasteiger partial charge >= 0.3 is 0 Å². The summed E-state index contributed by atoms with van der Waals surface area (Å²) in [6.45, 7) is 4.13. The van der Waals surface area contributed by atoms with E-state index in [0.29, 0.717) is 71.3 Å². The van der Waals surface area contributed by atoms with Crippen molar-refractivity contribution in [1.29, 1.82) is 0 Å². The number of ether oxygens (including phenoxy) is 6. The van der Waals surface area contributed by atoms with Gasteiger partial charge in [-0.2, -0.15) is 0 Å². The molecule has 0 radical (unpaired) electrons. The van der Waals surface area contributed by atoms with Gasteiger partial charge in [0.05, 0.1) is 105 Å². The van der Waals surface area contributed by atoms with E-state index in [1.54, 1.807) is 24.0 Å². The van der Waals surface area contributed by atoms with Crippen LogP contribution in [0.1, 0.15) is 114 Å². The lowest BCUT2D eigenvalue weighted by molar-refractivity contribution is 0.0193. The van der Waals surface area contributed by atoms with Crippen molar-refractivity contribution in [2.75, 3.05) is 211 Å². The highest BCUT2D eigenvalue weighted by Gasteiger charge is 2.29. The van der Waals surface area contributed by atoms with Crippen molar-refractivity contribution in [2.45, 2.75) is 31.5 Å². The minimum absolute atomic E-state index is 0.00659. The monoisotopic (exact) mass is 1600 g/mol. The van der Waals surface area contributed by atoms with Gasteiger partial charge in [0, 0.05) is 173 Å². The summed E-state index contributed by atoms with van der Waals surface area (Å²) in [6.07, 6.45) is -0.742. The fourth-order valence-corrected chi connectivity index (χ4v) is 12.1. The number of hydrogen-bond acceptors (Lipinski definition) is 29. The number of azide groups is 1. The highest BCUT2D eigenvalue weighted by Crippen LogP contribution is 2.37. The summed E-state index contributed by atoms with van der Waals surface area (Å²) in [5.74, 6) is -13.4. The summed E-state index contributed by atoms with van der Waals surface area (Å²) in [5.41, 5.74) is 6.56. The number of unbranched alkanes of at least 4 members (excludes halogenated alkanes) is 1. The number of nitrogens with one attached hydrogen (secondary N) is 9. The van der Waals surface area contributed by atoms with E-state index in [2.05, 4.69) is 57.9 Å². The number of aromatic hydroxyl groups is 8. The second-order valence-corrected chi connectivity index (χ2v) is 26.3. The lowest BCUT2D eigenvalue weighted by atomic mass is 10.0. The number of phenolic OH excluding ortho intramolecular Hbond substituents is 8. The molecule has 8 heterocycles. The Labute approximate surface area is 657 Å². The highest BCUT2D eigenvalue weighted by molar-refractivity contribution is 6.05. The third-order valence-corrected chi connectivity index (χ3v) is 18.5. The molecule has 114 heavy (non-hydrogen) atoms. The molecule has 39 heteroatoms. The summed E-state index contributed by atoms with van der Waals surface area (Å²) in [6, 6.07) is 14.4. The SMILES string of the molecule is COCCOCCOCCN1CCNC(=O)c2ccc(c(O)c2O)C(=O)NCCN(CCN2CCNC(=O)c3ccc(c(O)c3O)C(=O)NCCN(CCOCCOCCOC)CCNC(O)c3ccc(c(O)c3O)C(=O)NCC2)CC(CCCCNC(=O)c2ccc(N=[N+]=[N-])cc2)NC(=O)c2ccc(c(O)c2O)C(=O)NCC1. The van der Waals surface area contributed by atoms with Gasteiger partial charge in [0.15, 0.2) is 46.0 Å². The van der Waals surface area contributed by atoms with Gasteiger partial charge in [0.1, 0.15) is 6.23 Å². The lowest BCUT2D eigenvalue weighted by Gasteiger charge is -2.31. The number of aliphatic hydroxyl groups excluding tert-OH is 1. The molecule has 5 aromatic rings. The maximum Gasteiger partial charge on any atom is 0.255 e. The van der Waals surface area contributed by atoms with Gasteiger partial charge < -0.3 is 117 Å². The molecular weight excluding hydrogens is 1490 g/mol. The first-order chi connectivity index (χ1) is 55.0. The molecule has 2 atom stereocenters. The zero-order valence-corrected chi connectivity index (χ0v) is 63.8. The summed E-state index contributed by atoms with van der Waals surface area (Å²) in [4.78, 5) is 121. The predicted octanol–water partition coefficient (Wildman–Crippen LogP) is 0.626. The number of rotatable bonds is 28. The third kappa shape index (κ3) is 28.3. The second-order valence-electron chi connectivity index (χ2n) is 26.3. The van der Waals surface area contributed by atoms with Gasteiger partial charge in [-0.25, -0.2) is 0 Å². The Morgan fingerprint density at radius 1 is 0.430 bits per heavy atom. The van der Waals surface area contributed by atoms with Crippen LogP contribution in [0.15, 0.2) is 77.9 Å². The first kappa shape index (κ1) is 90.3. The fourth-order valence-electron chi connectivity index (χ4n) is 12.1. The van der Waals surface area contributed by atoms with Crippen LogP contribution in [0.5, 0.6) is 46.0 Å². The molecule has 8 amide bonds. The average Bonchev–Trinajstić information content (AvgIpc) is 0.830. The Hall–Kier alpha value is -10.9. The van der Waals surface area contributed by atoms with Crippen LogP contribution in [0.3, 0.4) is 0 Å². The molecule has 0 saturated carbocycles. The molecule has 0 saturated heterocycles. The number of carbonyl (C=O) groups is 8. The van der Waals surface area contributed by atoms with Gasteiger partial charge in [0.25, 0.3) is 47.3 Å². The van der Waals surface area contributed by atoms with Crippen molar-refractivity contribution in [3.05, 3.63) is 133 Å². The van der Waals surface area contributed by atoms with E-state index in [0.717, 1.165) is 30.3 Å². The van der Waals surface area contributed by atoms with Crippen molar-refractivity contribution in [1.82, 2.24) is 67.5 Å². The summed E-state index contributed by atoms with van der Waals surface area (Å²) < 4.78 is 32.4. The van der Waals surface area contributed by atoms with Gasteiger partial charge in [0.2, 0.25) is 0 Å². The molecule has 0 aliphatic carbocycles. The molecule has 5 aromatic carbocycles. The van der Waals surface area contributed by atoms with Crippen LogP contribution in [0.4, 0.5) is 5.69 Å². The molecular formula is C75H104N16O23. The number of nitrogens with zero attached hydrogens (tertiary/aromatic N) is 7. The molecule has 13 rings (SSSR count). The van der Waals surface area contributed by atoms with Crippen LogP contribution >= 0.6 is 0 Å². The van der Waals surface area contributed by atoms with Crippen LogP contribution in [-0.4, -0.2) is 330 Å². The average molecular weight is 1600 g/mol. The Morgan fingerprint density at radius 2 is 0.763 bits per heavy atom. The summed E-state index contributed by atoms with van der Waals surface area (Å²) in [5, 5.41) is 130. The number of phenols is 8. The molecule has 8 aliphatic heterocycles. The first-order valence-corrected chi connectivity index (χ1v) is 37.3. The van der Waals surface area contributed by atoms with Crippen molar-refractivity contribution in [3.63, 3.8) is 0 Å². The van der Waals surface area contributed by atoms with E-state index in [1.165, 1.54) is 42.5 Å². The molecule has 8 aliphatic rings. The molecule has 39 nitrogen and oxygen atoms in total. The molecule has 18 N–H and O–H groups in total. The maximum atomic E-state index is 14.6. The van der Waals surface area contributed by atoms with E-state index >= 15 is 0 Å². The molecule has 0 spiro atoms. The fraction of sp³-hybridized carbons (Fsp3) is 0.493. The van der Waals surface area contributed by atoms with E-state index < -0.39 is 122 Å². The van der Waals surface area contributed by atoms with Crippen molar-refractivity contribution >= 4 is 52.9 Å². The summed E-state index contributed by atoms with van der Waals surface area (Å²) >= 11 is 0. The third-order valence-electron chi connectivity index (χ3n) is 18.5. The minimum Gasteiger partial charge on any atom is -0.504 e. The van der Waals surface area contributed by atoms with Gasteiger partial charge in [-0.15, -0.1) is 0 Å². The Kier molecular flexibility index (Phi) is 38.2. The number of hydrogen-bond donors (Lipinski definition) is 18. The molecule has 622 valence electrons. The Bertz CT molecular complexity index is 4060. The van der Waals surface area contributed by atoms with E-state index in [4.69, 9.17) is 34.0 Å². The zero-order chi connectivity index (χ0) is 82.3. The number of carbonyl (C=O) groups excluding carboxylic acids is 8. The van der Waals surface area contributed by atoms with Gasteiger partial charge in [-0.3, -0.25) is 63.3 Å². The number of aliphatic hydroxyl groups is 1. The van der Waals surface area contributed by atoms with Crippen molar-refractivity contribution in [3.8, 4) is 46.0 Å². The van der Waals surface area contributed by atoms with E-state index in [-0.39, 0.29) is 184 Å².